The number of rotatable bonds is 0. The van der Waals surface area contributed by atoms with Crippen LogP contribution in [0.25, 0.3) is 0 Å². The van der Waals surface area contributed by atoms with Gasteiger partial charge in [-0.25, -0.2) is 9.97 Å². The maximum atomic E-state index is 9.61. The first kappa shape index (κ1) is 22.6. The number of nitrogens with zero attached hydrogens (tertiary/aromatic N) is 2. The van der Waals surface area contributed by atoms with Crippen LogP contribution in [0.2, 0.25) is 0 Å². The topological polar surface area (TPSA) is 90.3 Å². The third-order valence-corrected chi connectivity index (χ3v) is 8.73. The highest BCUT2D eigenvalue weighted by atomic mass is 79.9. The van der Waals surface area contributed by atoms with Gasteiger partial charge in [0.25, 0.3) is 0 Å². The van der Waals surface area contributed by atoms with Crippen molar-refractivity contribution in [1.29, 1.82) is 0 Å². The van der Waals surface area contributed by atoms with Crippen LogP contribution < -0.4 is 10.6 Å². The highest BCUT2D eigenvalue weighted by Crippen LogP contribution is 2.47. The van der Waals surface area contributed by atoms with Crippen molar-refractivity contribution in [1.82, 2.24) is 9.97 Å². The summed E-state index contributed by atoms with van der Waals surface area (Å²) < 4.78 is 2.08. The van der Waals surface area contributed by atoms with Crippen LogP contribution in [0, 0.1) is 0 Å². The molecule has 2 aromatic rings. The Labute approximate surface area is 205 Å². The van der Waals surface area contributed by atoms with Gasteiger partial charge in [-0.05, 0) is 95.4 Å². The average molecular weight is 566 g/mol. The van der Waals surface area contributed by atoms with Crippen molar-refractivity contribution >= 4 is 43.5 Å². The highest BCUT2D eigenvalue weighted by molar-refractivity contribution is 9.10. The van der Waals surface area contributed by atoms with Crippen LogP contribution in [0.15, 0.2) is 33.5 Å². The minimum absolute atomic E-state index is 0.102. The van der Waals surface area contributed by atoms with E-state index in [1.54, 1.807) is 0 Å². The van der Waals surface area contributed by atoms with Crippen LogP contribution in [0.5, 0.6) is 0 Å². The first-order chi connectivity index (χ1) is 15.4. The molecule has 2 aliphatic heterocycles. The van der Waals surface area contributed by atoms with Gasteiger partial charge in [-0.1, -0.05) is 0 Å². The van der Waals surface area contributed by atoms with Crippen LogP contribution in [-0.2, 0) is 10.8 Å². The van der Waals surface area contributed by atoms with Gasteiger partial charge in [-0.15, -0.1) is 0 Å². The zero-order chi connectivity index (χ0) is 22.3. The van der Waals surface area contributed by atoms with Crippen LogP contribution in [0.3, 0.4) is 0 Å². The summed E-state index contributed by atoms with van der Waals surface area (Å²) in [6, 6.07) is 4.36. The maximum absolute atomic E-state index is 9.61. The van der Waals surface area contributed by atoms with E-state index in [-0.39, 0.29) is 23.0 Å². The number of anilines is 2. The van der Waals surface area contributed by atoms with Crippen molar-refractivity contribution in [3.8, 4) is 0 Å². The van der Waals surface area contributed by atoms with Crippen molar-refractivity contribution < 1.29 is 10.2 Å². The van der Waals surface area contributed by atoms with Gasteiger partial charge in [0.1, 0.15) is 11.6 Å². The molecule has 32 heavy (non-hydrogen) atoms. The number of pyridine rings is 2. The third-order valence-electron chi connectivity index (χ3n) is 7.86. The van der Waals surface area contributed by atoms with Gasteiger partial charge in [-0.2, -0.15) is 0 Å². The number of aromatic nitrogens is 2. The first-order valence-corrected chi connectivity index (χ1v) is 13.1. The predicted octanol–water partition coefficient (Wildman–Crippen LogP) is 4.88. The lowest BCUT2D eigenvalue weighted by atomic mass is 9.70. The van der Waals surface area contributed by atoms with Gasteiger partial charge in [0.2, 0.25) is 0 Å². The molecule has 0 aromatic carbocycles. The third kappa shape index (κ3) is 4.19. The van der Waals surface area contributed by atoms with Gasteiger partial charge in [-0.3, -0.25) is 0 Å². The molecule has 2 fully saturated rings. The van der Waals surface area contributed by atoms with E-state index in [9.17, 15) is 10.2 Å². The molecule has 4 N–H and O–H groups in total. The number of nitrogens with one attached hydrogen (secondary N) is 2. The van der Waals surface area contributed by atoms with Crippen LogP contribution >= 0.6 is 31.9 Å². The zero-order valence-electron chi connectivity index (χ0n) is 18.1. The van der Waals surface area contributed by atoms with E-state index in [1.165, 1.54) is 11.1 Å². The van der Waals surface area contributed by atoms with E-state index in [1.807, 2.05) is 12.4 Å². The van der Waals surface area contributed by atoms with Gasteiger partial charge in [0.15, 0.2) is 0 Å². The van der Waals surface area contributed by atoms with Crippen LogP contribution in [0.1, 0.15) is 62.5 Å². The summed E-state index contributed by atoms with van der Waals surface area (Å²) in [5, 5.41) is 26.0. The molecule has 6 nitrogen and oxygen atoms in total. The molecular formula is C24H30Br2N4O2. The fourth-order valence-corrected chi connectivity index (χ4v) is 6.53. The molecule has 0 atom stereocenters. The van der Waals surface area contributed by atoms with Crippen molar-refractivity contribution in [2.75, 3.05) is 23.7 Å². The summed E-state index contributed by atoms with van der Waals surface area (Å²) in [4.78, 5) is 8.81. The van der Waals surface area contributed by atoms with Gasteiger partial charge in [0.05, 0.1) is 12.2 Å². The molecule has 172 valence electrons. The molecule has 0 radical (unpaired) electrons. The van der Waals surface area contributed by atoms with Crippen LogP contribution in [-0.4, -0.2) is 45.5 Å². The number of aliphatic hydroxyl groups excluding tert-OH is 2. The summed E-state index contributed by atoms with van der Waals surface area (Å²) >= 11 is 6.97. The second kappa shape index (κ2) is 8.85. The van der Waals surface area contributed by atoms with Gasteiger partial charge < -0.3 is 20.8 Å². The van der Waals surface area contributed by atoms with Gasteiger partial charge in [0, 0.05) is 56.4 Å². The molecule has 2 aromatic heterocycles. The van der Waals surface area contributed by atoms with E-state index < -0.39 is 0 Å². The predicted molar refractivity (Wildman–Crippen MR) is 133 cm³/mol. The molecule has 4 aliphatic rings. The van der Waals surface area contributed by atoms with E-state index in [0.717, 1.165) is 85.0 Å². The number of halogens is 2. The maximum Gasteiger partial charge on any atom is 0.129 e. The van der Waals surface area contributed by atoms with E-state index in [4.69, 9.17) is 0 Å². The smallest absolute Gasteiger partial charge is 0.129 e. The lowest BCUT2D eigenvalue weighted by Crippen LogP contribution is -2.35. The minimum atomic E-state index is -0.102. The molecular weight excluding hydrogens is 536 g/mol. The number of fused-ring (bicyclic) bond motifs is 4. The summed E-state index contributed by atoms with van der Waals surface area (Å²) in [5.41, 5.74) is 3.08. The monoisotopic (exact) mass is 564 g/mol. The summed E-state index contributed by atoms with van der Waals surface area (Å²) in [7, 11) is 0. The number of hydrogen-bond donors (Lipinski definition) is 4. The second-order valence-electron chi connectivity index (χ2n) is 9.83. The lowest BCUT2D eigenvalue weighted by molar-refractivity contribution is 0.100. The van der Waals surface area contributed by atoms with Crippen molar-refractivity contribution in [3.05, 3.63) is 44.6 Å². The largest absolute Gasteiger partial charge is 0.393 e. The van der Waals surface area contributed by atoms with Crippen molar-refractivity contribution in [3.63, 3.8) is 0 Å². The summed E-state index contributed by atoms with van der Waals surface area (Å²) in [5.74, 6) is 2.05. The Bertz CT molecular complexity index is 906. The van der Waals surface area contributed by atoms with Crippen molar-refractivity contribution in [2.24, 2.45) is 0 Å². The summed E-state index contributed by atoms with van der Waals surface area (Å²) in [6.45, 7) is 1.94. The second-order valence-corrected chi connectivity index (χ2v) is 11.7. The quantitative estimate of drug-likeness (QED) is 0.364. The first-order valence-electron chi connectivity index (χ1n) is 11.6. The van der Waals surface area contributed by atoms with E-state index >= 15 is 0 Å². The zero-order valence-corrected chi connectivity index (χ0v) is 21.3. The molecule has 2 aliphatic carbocycles. The minimum Gasteiger partial charge on any atom is -0.393 e. The molecule has 0 bridgehead atoms. The average Bonchev–Trinajstić information content (AvgIpc) is 3.32. The molecule has 0 amide bonds. The molecule has 2 saturated carbocycles. The number of hydrogen-bond acceptors (Lipinski definition) is 6. The van der Waals surface area contributed by atoms with E-state index in [0.29, 0.717) is 0 Å². The SMILES string of the molecule is OC1CCC2(CC1)CNc1ncc(Br)cc12.OC1CCC2(CC1)CNc1ncc(Br)cc12. The van der Waals surface area contributed by atoms with E-state index in [2.05, 4.69) is 64.6 Å². The molecule has 0 saturated heterocycles. The lowest BCUT2D eigenvalue weighted by Gasteiger charge is -2.35. The Balaban J connectivity index is 0.000000135. The fraction of sp³-hybridized carbons (Fsp3) is 0.583. The Morgan fingerprint density at radius 2 is 1.09 bits per heavy atom. The Hall–Kier alpha value is -1.22. The number of aliphatic hydroxyl groups is 2. The van der Waals surface area contributed by atoms with Crippen LogP contribution in [0.4, 0.5) is 11.6 Å². The van der Waals surface area contributed by atoms with Gasteiger partial charge >= 0.3 is 0 Å². The molecule has 0 unspecified atom stereocenters. The summed E-state index contributed by atoms with van der Waals surface area (Å²) in [6.07, 6.45) is 11.4. The molecule has 8 heteroatoms. The highest BCUT2D eigenvalue weighted by Gasteiger charge is 2.43. The molecule has 6 rings (SSSR count). The Morgan fingerprint density at radius 1 is 0.719 bits per heavy atom. The van der Waals surface area contributed by atoms with Crippen molar-refractivity contribution in [2.45, 2.75) is 74.4 Å². The Morgan fingerprint density at radius 3 is 1.47 bits per heavy atom. The normalized spacial score (nSPS) is 32.5. The Kier molecular flexibility index (Phi) is 6.24. The molecule has 2 spiro atoms. The molecule has 4 heterocycles. The fourth-order valence-electron chi connectivity index (χ4n) is 5.87. The standard InChI is InChI=1S/2C12H15BrN2O/c2*13-8-5-10-11(14-6-8)15-7-12(10)3-1-9(16)2-4-12/h2*5-6,9,16H,1-4,7H2,(H,14,15).